The Balaban J connectivity index is 2.61. The highest BCUT2D eigenvalue weighted by atomic mass is 15.3. The smallest absolute Gasteiger partial charge is 0.0579 e. The molecule has 0 spiro atoms. The van der Waals surface area contributed by atoms with Crippen molar-refractivity contribution >= 4 is 0 Å². The Kier molecular flexibility index (Phi) is 4.88. The lowest BCUT2D eigenvalue weighted by atomic mass is 10.1. The predicted molar refractivity (Wildman–Crippen MR) is 61.1 cm³/mol. The molecule has 0 radical (unpaired) electrons. The van der Waals surface area contributed by atoms with Crippen molar-refractivity contribution in [1.29, 1.82) is 0 Å². The summed E-state index contributed by atoms with van der Waals surface area (Å²) in [5.41, 5.74) is 6.76. The van der Waals surface area contributed by atoms with Crippen LogP contribution in [0.5, 0.6) is 0 Å². The van der Waals surface area contributed by atoms with Crippen molar-refractivity contribution in [2.24, 2.45) is 5.73 Å². The molecule has 0 aliphatic carbocycles. The average molecular weight is 206 g/mol. The van der Waals surface area contributed by atoms with Crippen molar-refractivity contribution in [2.45, 2.75) is 25.9 Å². The zero-order chi connectivity index (χ0) is 11.1. The number of hydrogen-bond acceptors (Lipinski definition) is 3. The molecule has 0 amide bonds. The van der Waals surface area contributed by atoms with Crippen LogP contribution in [0.15, 0.2) is 12.4 Å². The third kappa shape index (κ3) is 3.39. The van der Waals surface area contributed by atoms with Crippen molar-refractivity contribution in [3.8, 4) is 12.3 Å². The van der Waals surface area contributed by atoms with Crippen LogP contribution in [0.2, 0.25) is 0 Å². The lowest BCUT2D eigenvalue weighted by Gasteiger charge is -2.12. The van der Waals surface area contributed by atoms with Gasteiger partial charge in [-0.05, 0) is 6.42 Å². The van der Waals surface area contributed by atoms with Gasteiger partial charge in [0.2, 0.25) is 0 Å². The highest BCUT2D eigenvalue weighted by Crippen LogP contribution is 2.10. The Morgan fingerprint density at radius 1 is 1.73 bits per heavy atom. The lowest BCUT2D eigenvalue weighted by Crippen LogP contribution is -2.28. The van der Waals surface area contributed by atoms with Crippen molar-refractivity contribution in [1.82, 2.24) is 15.1 Å². The van der Waals surface area contributed by atoms with Gasteiger partial charge in [-0.3, -0.25) is 10.00 Å². The normalized spacial score (nSPS) is 12.3. The zero-order valence-corrected chi connectivity index (χ0v) is 9.11. The minimum atomic E-state index is 0.103. The van der Waals surface area contributed by atoms with Crippen LogP contribution in [-0.4, -0.2) is 22.9 Å². The monoisotopic (exact) mass is 206 g/mol. The van der Waals surface area contributed by atoms with Gasteiger partial charge in [0, 0.05) is 30.9 Å². The number of terminal acetylenes is 1. The average Bonchev–Trinajstić information content (AvgIpc) is 2.68. The minimum absolute atomic E-state index is 0.103. The Labute approximate surface area is 90.8 Å². The predicted octanol–water partition coefficient (Wildman–Crippen LogP) is 0.516. The summed E-state index contributed by atoms with van der Waals surface area (Å²) < 4.78 is 1.93. The van der Waals surface area contributed by atoms with E-state index in [1.165, 1.54) is 0 Å². The van der Waals surface area contributed by atoms with Crippen molar-refractivity contribution in [3.05, 3.63) is 18.0 Å². The molecule has 4 nitrogen and oxygen atoms in total. The topological polar surface area (TPSA) is 55.9 Å². The maximum Gasteiger partial charge on any atom is 0.0579 e. The van der Waals surface area contributed by atoms with Gasteiger partial charge >= 0.3 is 0 Å². The molecule has 0 fully saturated rings. The second-order valence-electron chi connectivity index (χ2n) is 3.41. The Hall–Kier alpha value is -1.31. The SMILES string of the molecule is C#CCNC(CN)c1cnn(CCC)c1. The first-order valence-electron chi connectivity index (χ1n) is 5.21. The molecule has 0 aliphatic rings. The quantitative estimate of drug-likeness (QED) is 0.667. The van der Waals surface area contributed by atoms with E-state index in [9.17, 15) is 0 Å². The number of rotatable bonds is 6. The first-order chi connectivity index (χ1) is 7.31. The molecule has 1 unspecified atom stereocenters. The summed E-state index contributed by atoms with van der Waals surface area (Å²) in [5.74, 6) is 2.54. The zero-order valence-electron chi connectivity index (χ0n) is 9.11. The Morgan fingerprint density at radius 2 is 2.53 bits per heavy atom. The maximum absolute atomic E-state index is 5.66. The Morgan fingerprint density at radius 3 is 3.13 bits per heavy atom. The molecule has 0 aliphatic heterocycles. The number of aromatic nitrogens is 2. The number of aryl methyl sites for hydroxylation is 1. The van der Waals surface area contributed by atoms with Gasteiger partial charge in [-0.25, -0.2) is 0 Å². The summed E-state index contributed by atoms with van der Waals surface area (Å²) in [4.78, 5) is 0. The van der Waals surface area contributed by atoms with Crippen LogP contribution in [0, 0.1) is 12.3 Å². The van der Waals surface area contributed by atoms with E-state index in [0.29, 0.717) is 13.1 Å². The fourth-order valence-corrected chi connectivity index (χ4v) is 1.43. The fourth-order valence-electron chi connectivity index (χ4n) is 1.43. The highest BCUT2D eigenvalue weighted by molar-refractivity contribution is 5.11. The third-order valence-corrected chi connectivity index (χ3v) is 2.19. The van der Waals surface area contributed by atoms with Crippen LogP contribution in [0.1, 0.15) is 24.9 Å². The number of nitrogens with two attached hydrogens (primary N) is 1. The molecule has 1 atom stereocenters. The van der Waals surface area contributed by atoms with E-state index in [0.717, 1.165) is 18.5 Å². The summed E-state index contributed by atoms with van der Waals surface area (Å²) in [6.07, 6.45) is 10.1. The molecule has 0 bridgehead atoms. The second kappa shape index (κ2) is 6.23. The molecule has 1 aromatic rings. The molecule has 0 aromatic carbocycles. The molecule has 1 rings (SSSR count). The molecule has 4 heteroatoms. The first-order valence-corrected chi connectivity index (χ1v) is 5.21. The molecular formula is C11H18N4. The number of nitrogens with one attached hydrogen (secondary N) is 1. The van der Waals surface area contributed by atoms with Crippen LogP contribution < -0.4 is 11.1 Å². The van der Waals surface area contributed by atoms with E-state index in [1.807, 2.05) is 17.1 Å². The summed E-state index contributed by atoms with van der Waals surface area (Å²) in [6.45, 7) is 4.12. The maximum atomic E-state index is 5.66. The second-order valence-corrected chi connectivity index (χ2v) is 3.41. The Bertz CT molecular complexity index is 324. The van der Waals surface area contributed by atoms with Crippen molar-refractivity contribution in [2.75, 3.05) is 13.1 Å². The van der Waals surface area contributed by atoms with Gasteiger partial charge in [0.1, 0.15) is 0 Å². The van der Waals surface area contributed by atoms with Gasteiger partial charge in [-0.2, -0.15) is 5.10 Å². The molecule has 3 N–H and O–H groups in total. The minimum Gasteiger partial charge on any atom is -0.329 e. The molecule has 1 aromatic heterocycles. The summed E-state index contributed by atoms with van der Waals surface area (Å²) in [5, 5.41) is 7.43. The van der Waals surface area contributed by atoms with Gasteiger partial charge in [-0.1, -0.05) is 12.8 Å². The van der Waals surface area contributed by atoms with Gasteiger partial charge in [0.05, 0.1) is 12.7 Å². The molecular weight excluding hydrogens is 188 g/mol. The standard InChI is InChI=1S/C11H18N4/c1-3-5-13-11(7-12)10-8-14-15(9-10)6-4-2/h1,8-9,11,13H,4-7,12H2,2H3. The molecule has 0 saturated carbocycles. The van der Waals surface area contributed by atoms with Gasteiger partial charge in [0.15, 0.2) is 0 Å². The van der Waals surface area contributed by atoms with E-state index in [2.05, 4.69) is 23.3 Å². The highest BCUT2D eigenvalue weighted by Gasteiger charge is 2.10. The summed E-state index contributed by atoms with van der Waals surface area (Å²) >= 11 is 0. The van der Waals surface area contributed by atoms with E-state index < -0.39 is 0 Å². The van der Waals surface area contributed by atoms with E-state index >= 15 is 0 Å². The molecule has 82 valence electrons. The van der Waals surface area contributed by atoms with Crippen molar-refractivity contribution < 1.29 is 0 Å². The van der Waals surface area contributed by atoms with Crippen LogP contribution >= 0.6 is 0 Å². The summed E-state index contributed by atoms with van der Waals surface area (Å²) in [6, 6.07) is 0.103. The van der Waals surface area contributed by atoms with E-state index in [1.54, 1.807) is 0 Å². The molecule has 0 saturated heterocycles. The number of hydrogen-bond donors (Lipinski definition) is 2. The molecule has 15 heavy (non-hydrogen) atoms. The van der Waals surface area contributed by atoms with E-state index in [-0.39, 0.29) is 6.04 Å². The van der Waals surface area contributed by atoms with Gasteiger partial charge < -0.3 is 5.73 Å². The lowest BCUT2D eigenvalue weighted by molar-refractivity contribution is 0.575. The van der Waals surface area contributed by atoms with Crippen molar-refractivity contribution in [3.63, 3.8) is 0 Å². The van der Waals surface area contributed by atoms with E-state index in [4.69, 9.17) is 12.2 Å². The van der Waals surface area contributed by atoms with Gasteiger partial charge in [0.25, 0.3) is 0 Å². The fraction of sp³-hybridized carbons (Fsp3) is 0.545. The van der Waals surface area contributed by atoms with Gasteiger partial charge in [-0.15, -0.1) is 6.42 Å². The third-order valence-electron chi connectivity index (χ3n) is 2.19. The van der Waals surface area contributed by atoms with Crippen LogP contribution in [0.4, 0.5) is 0 Å². The summed E-state index contributed by atoms with van der Waals surface area (Å²) in [7, 11) is 0. The first kappa shape index (κ1) is 11.8. The van der Waals surface area contributed by atoms with Crippen LogP contribution in [0.3, 0.4) is 0 Å². The molecule has 1 heterocycles. The number of nitrogens with zero attached hydrogens (tertiary/aromatic N) is 2. The van der Waals surface area contributed by atoms with Crippen LogP contribution in [0.25, 0.3) is 0 Å². The van der Waals surface area contributed by atoms with Crippen LogP contribution in [-0.2, 0) is 6.54 Å². The largest absolute Gasteiger partial charge is 0.329 e.